The van der Waals surface area contributed by atoms with Gasteiger partial charge in [0.25, 0.3) is 0 Å². The topological polar surface area (TPSA) is 80.6 Å². The third-order valence-corrected chi connectivity index (χ3v) is 3.88. The molecule has 0 atom stereocenters. The molecule has 110 valence electrons. The van der Waals surface area contributed by atoms with Crippen molar-refractivity contribution < 1.29 is 4.79 Å². The average molecular weight is 312 g/mol. The minimum atomic E-state index is -0.334. The second kappa shape index (κ2) is 6.40. The van der Waals surface area contributed by atoms with E-state index in [1.165, 1.54) is 16.3 Å². The van der Waals surface area contributed by atoms with Gasteiger partial charge in [0.15, 0.2) is 10.9 Å². The standard InChI is InChI=1S/C15H12N4O2S/c20-13(12-8-4-5-9-16-12)10-22-15-18-17-14(21)19(15)11-6-2-1-3-7-11/h1-9H,10H2,(H,17,21). The number of para-hydroxylation sites is 1. The molecule has 7 heteroatoms. The largest absolute Gasteiger partial charge is 0.348 e. The zero-order valence-corrected chi connectivity index (χ0v) is 12.3. The van der Waals surface area contributed by atoms with Crippen molar-refractivity contribution in [1.29, 1.82) is 0 Å². The zero-order chi connectivity index (χ0) is 15.4. The third-order valence-electron chi connectivity index (χ3n) is 2.94. The minimum absolute atomic E-state index is 0.110. The fraction of sp³-hybridized carbons (Fsp3) is 0.0667. The number of carbonyl (C=O) groups is 1. The number of Topliss-reactive ketones (excluding diaryl/α,β-unsaturated/α-hetero) is 1. The van der Waals surface area contributed by atoms with Gasteiger partial charge in [-0.25, -0.2) is 14.5 Å². The van der Waals surface area contributed by atoms with E-state index in [9.17, 15) is 9.59 Å². The maximum absolute atomic E-state index is 12.1. The van der Waals surface area contributed by atoms with Gasteiger partial charge in [-0.2, -0.15) is 0 Å². The third kappa shape index (κ3) is 2.99. The highest BCUT2D eigenvalue weighted by molar-refractivity contribution is 7.99. The van der Waals surface area contributed by atoms with Gasteiger partial charge in [-0.15, -0.1) is 5.10 Å². The fourth-order valence-corrected chi connectivity index (χ4v) is 2.75. The number of benzene rings is 1. The lowest BCUT2D eigenvalue weighted by Crippen LogP contribution is -2.15. The molecule has 3 rings (SSSR count). The molecule has 0 bridgehead atoms. The van der Waals surface area contributed by atoms with E-state index < -0.39 is 0 Å². The number of rotatable bonds is 5. The summed E-state index contributed by atoms with van der Waals surface area (Å²) in [6.07, 6.45) is 1.58. The molecule has 0 aliphatic carbocycles. The van der Waals surface area contributed by atoms with Crippen LogP contribution in [-0.2, 0) is 0 Å². The van der Waals surface area contributed by atoms with Crippen LogP contribution in [0.1, 0.15) is 10.5 Å². The molecule has 1 aromatic carbocycles. The maximum Gasteiger partial charge on any atom is 0.348 e. The Balaban J connectivity index is 1.80. The highest BCUT2D eigenvalue weighted by atomic mass is 32.2. The molecule has 0 radical (unpaired) electrons. The Morgan fingerprint density at radius 3 is 2.64 bits per heavy atom. The molecule has 3 aromatic rings. The van der Waals surface area contributed by atoms with Crippen molar-refractivity contribution >= 4 is 17.5 Å². The molecule has 22 heavy (non-hydrogen) atoms. The van der Waals surface area contributed by atoms with Gasteiger partial charge < -0.3 is 0 Å². The van der Waals surface area contributed by atoms with Crippen molar-refractivity contribution in [1.82, 2.24) is 19.7 Å². The van der Waals surface area contributed by atoms with Crippen LogP contribution in [0.3, 0.4) is 0 Å². The van der Waals surface area contributed by atoms with Gasteiger partial charge >= 0.3 is 5.69 Å². The number of aromatic amines is 1. The lowest BCUT2D eigenvalue weighted by Gasteiger charge is -2.04. The van der Waals surface area contributed by atoms with Crippen molar-refractivity contribution in [2.75, 3.05) is 5.75 Å². The molecule has 0 saturated heterocycles. The number of carbonyl (C=O) groups excluding carboxylic acids is 1. The maximum atomic E-state index is 12.1. The van der Waals surface area contributed by atoms with Crippen molar-refractivity contribution in [3.05, 3.63) is 70.9 Å². The Morgan fingerprint density at radius 2 is 1.91 bits per heavy atom. The molecule has 0 aliphatic heterocycles. The smallest absolute Gasteiger partial charge is 0.291 e. The minimum Gasteiger partial charge on any atom is -0.291 e. The molecular weight excluding hydrogens is 300 g/mol. The molecule has 6 nitrogen and oxygen atoms in total. The van der Waals surface area contributed by atoms with E-state index in [1.54, 1.807) is 24.4 Å². The van der Waals surface area contributed by atoms with Crippen LogP contribution in [0, 0.1) is 0 Å². The van der Waals surface area contributed by atoms with E-state index in [0.717, 1.165) is 0 Å². The number of thioether (sulfide) groups is 1. The number of ketones is 1. The van der Waals surface area contributed by atoms with E-state index in [2.05, 4.69) is 15.2 Å². The lowest BCUT2D eigenvalue weighted by molar-refractivity contribution is 0.101. The molecule has 2 heterocycles. The summed E-state index contributed by atoms with van der Waals surface area (Å²) in [5.74, 6) is 0.0504. The van der Waals surface area contributed by atoms with E-state index in [-0.39, 0.29) is 17.2 Å². The molecule has 0 unspecified atom stereocenters. The van der Waals surface area contributed by atoms with Gasteiger partial charge in [0.1, 0.15) is 5.69 Å². The van der Waals surface area contributed by atoms with Crippen molar-refractivity contribution in [3.63, 3.8) is 0 Å². The number of pyridine rings is 1. The number of nitrogens with zero attached hydrogens (tertiary/aromatic N) is 3. The Bertz CT molecular complexity index is 828. The number of hydrogen-bond acceptors (Lipinski definition) is 5. The number of nitrogens with one attached hydrogen (secondary N) is 1. The highest BCUT2D eigenvalue weighted by Crippen LogP contribution is 2.18. The van der Waals surface area contributed by atoms with Crippen LogP contribution < -0.4 is 5.69 Å². The van der Waals surface area contributed by atoms with Gasteiger partial charge in [0.05, 0.1) is 11.4 Å². The van der Waals surface area contributed by atoms with Crippen LogP contribution in [0.25, 0.3) is 5.69 Å². The molecule has 2 aromatic heterocycles. The van der Waals surface area contributed by atoms with Gasteiger partial charge in [-0.3, -0.25) is 9.78 Å². The summed E-state index contributed by atoms with van der Waals surface area (Å²) in [6.45, 7) is 0. The Hall–Kier alpha value is -2.67. The summed E-state index contributed by atoms with van der Waals surface area (Å²) in [6, 6.07) is 14.3. The van der Waals surface area contributed by atoms with Crippen molar-refractivity contribution in [3.8, 4) is 5.69 Å². The first kappa shape index (κ1) is 14.3. The van der Waals surface area contributed by atoms with Gasteiger partial charge in [-0.05, 0) is 24.3 Å². The Labute approximate surface area is 130 Å². The molecule has 0 saturated carbocycles. The lowest BCUT2D eigenvalue weighted by atomic mass is 10.3. The average Bonchev–Trinajstić information content (AvgIpc) is 2.95. The van der Waals surface area contributed by atoms with Crippen LogP contribution in [0.15, 0.2) is 64.7 Å². The first-order valence-corrected chi connectivity index (χ1v) is 7.54. The first-order chi connectivity index (χ1) is 10.8. The second-order valence-electron chi connectivity index (χ2n) is 4.41. The van der Waals surface area contributed by atoms with Gasteiger partial charge in [-0.1, -0.05) is 36.0 Å². The predicted octanol–water partition coefficient (Wildman–Crippen LogP) is 1.93. The molecular formula is C15H12N4O2S. The quantitative estimate of drug-likeness (QED) is 0.575. The predicted molar refractivity (Wildman–Crippen MR) is 83.5 cm³/mol. The number of aromatic nitrogens is 4. The fourth-order valence-electron chi connectivity index (χ4n) is 1.92. The van der Waals surface area contributed by atoms with Crippen LogP contribution in [0.5, 0.6) is 0 Å². The summed E-state index contributed by atoms with van der Waals surface area (Å²) in [5.41, 5.74) is 0.771. The van der Waals surface area contributed by atoms with E-state index in [1.807, 2.05) is 30.3 Å². The van der Waals surface area contributed by atoms with Crippen LogP contribution in [-0.4, -0.2) is 31.3 Å². The second-order valence-corrected chi connectivity index (χ2v) is 5.35. The van der Waals surface area contributed by atoms with Crippen molar-refractivity contribution in [2.24, 2.45) is 0 Å². The summed E-state index contributed by atoms with van der Waals surface area (Å²) >= 11 is 1.20. The van der Waals surface area contributed by atoms with Gasteiger partial charge in [0, 0.05) is 6.20 Å². The van der Waals surface area contributed by atoms with Gasteiger partial charge in [0.2, 0.25) is 0 Å². The van der Waals surface area contributed by atoms with Crippen LogP contribution in [0.4, 0.5) is 0 Å². The van der Waals surface area contributed by atoms with Crippen LogP contribution >= 0.6 is 11.8 Å². The number of hydrogen-bond donors (Lipinski definition) is 1. The SMILES string of the molecule is O=C(CSc1n[nH]c(=O)n1-c1ccccc1)c1ccccn1. The molecule has 0 amide bonds. The summed E-state index contributed by atoms with van der Waals surface area (Å²) in [7, 11) is 0. The summed E-state index contributed by atoms with van der Waals surface area (Å²) in [5, 5.41) is 6.83. The van der Waals surface area contributed by atoms with E-state index in [0.29, 0.717) is 16.5 Å². The highest BCUT2D eigenvalue weighted by Gasteiger charge is 2.14. The van der Waals surface area contributed by atoms with Crippen LogP contribution in [0.2, 0.25) is 0 Å². The molecule has 0 fully saturated rings. The molecule has 1 N–H and O–H groups in total. The zero-order valence-electron chi connectivity index (χ0n) is 11.5. The van der Waals surface area contributed by atoms with Crippen molar-refractivity contribution in [2.45, 2.75) is 5.16 Å². The number of H-pyrrole nitrogens is 1. The van der Waals surface area contributed by atoms with E-state index in [4.69, 9.17) is 0 Å². The summed E-state index contributed by atoms with van der Waals surface area (Å²) < 4.78 is 1.44. The van der Waals surface area contributed by atoms with E-state index >= 15 is 0 Å². The Kier molecular flexibility index (Phi) is 4.15. The normalized spacial score (nSPS) is 10.5. The first-order valence-electron chi connectivity index (χ1n) is 6.55. The molecule has 0 spiro atoms. The Morgan fingerprint density at radius 1 is 1.14 bits per heavy atom. The summed E-state index contributed by atoms with van der Waals surface area (Å²) in [4.78, 5) is 28.0. The monoisotopic (exact) mass is 312 g/mol. The molecule has 0 aliphatic rings.